The zero-order valence-electron chi connectivity index (χ0n) is 11.3. The van der Waals surface area contributed by atoms with Crippen molar-refractivity contribution in [1.29, 1.82) is 0 Å². The highest BCUT2D eigenvalue weighted by Gasteiger charge is 2.35. The van der Waals surface area contributed by atoms with Crippen molar-refractivity contribution in [2.45, 2.75) is 6.04 Å². The lowest BCUT2D eigenvalue weighted by Gasteiger charge is -2.17. The molecule has 114 valence electrons. The van der Waals surface area contributed by atoms with E-state index in [0.717, 1.165) is 6.07 Å². The molecule has 3 N–H and O–H groups in total. The van der Waals surface area contributed by atoms with Gasteiger partial charge in [0.15, 0.2) is 0 Å². The zero-order valence-corrected chi connectivity index (χ0v) is 11.3. The number of aliphatic carboxylic acids is 1. The highest BCUT2D eigenvalue weighted by molar-refractivity contribution is 5.91. The Morgan fingerprint density at radius 3 is 2.86 bits per heavy atom. The summed E-state index contributed by atoms with van der Waals surface area (Å²) < 4.78 is 23.0. The second-order valence-corrected chi connectivity index (χ2v) is 4.53. The van der Waals surface area contributed by atoms with Gasteiger partial charge in [0.25, 0.3) is 0 Å². The minimum absolute atomic E-state index is 0.0557. The van der Waals surface area contributed by atoms with Gasteiger partial charge in [0.2, 0.25) is 0 Å². The van der Waals surface area contributed by atoms with Gasteiger partial charge >= 0.3 is 12.0 Å². The fraction of sp³-hybridized carbons (Fsp3) is 0.385. The van der Waals surface area contributed by atoms with Gasteiger partial charge in [-0.05, 0) is 12.1 Å². The Bertz CT molecular complexity index is 551. The quantitative estimate of drug-likeness (QED) is 0.772. The van der Waals surface area contributed by atoms with E-state index in [2.05, 4.69) is 10.6 Å². The number of methoxy groups -OCH3 is 1. The summed E-state index contributed by atoms with van der Waals surface area (Å²) >= 11 is 0. The molecule has 0 radical (unpaired) electrons. The summed E-state index contributed by atoms with van der Waals surface area (Å²) in [4.78, 5) is 22.8. The molecule has 1 heterocycles. The van der Waals surface area contributed by atoms with E-state index in [-0.39, 0.29) is 24.7 Å². The fourth-order valence-corrected chi connectivity index (χ4v) is 2.04. The third-order valence-electron chi connectivity index (χ3n) is 3.13. The Balaban J connectivity index is 2.00. The summed E-state index contributed by atoms with van der Waals surface area (Å²) in [6, 6.07) is 2.44. The number of nitrogens with one attached hydrogen (secondary N) is 2. The van der Waals surface area contributed by atoms with Crippen LogP contribution < -0.4 is 15.4 Å². The van der Waals surface area contributed by atoms with Gasteiger partial charge in [-0.25, -0.2) is 9.18 Å². The number of carbonyl (C=O) groups excluding carboxylic acids is 1. The number of hydrogen-bond donors (Lipinski definition) is 3. The Labute approximate surface area is 120 Å². The number of urea groups is 1. The Hall–Kier alpha value is -2.35. The number of carboxylic acid groups (broad SMARTS) is 1. The number of benzene rings is 1. The van der Waals surface area contributed by atoms with Gasteiger partial charge in [0.1, 0.15) is 17.5 Å². The number of rotatable bonds is 4. The van der Waals surface area contributed by atoms with Gasteiger partial charge in [-0.3, -0.25) is 4.79 Å². The number of ether oxygens (including phenoxy) is 2. The third kappa shape index (κ3) is 3.60. The van der Waals surface area contributed by atoms with Gasteiger partial charge < -0.3 is 25.2 Å². The summed E-state index contributed by atoms with van der Waals surface area (Å²) in [6.07, 6.45) is 0. The maximum Gasteiger partial charge on any atom is 0.319 e. The number of carboxylic acids is 1. The molecular weight excluding hydrogens is 283 g/mol. The molecule has 1 saturated heterocycles. The molecule has 2 atom stereocenters. The largest absolute Gasteiger partial charge is 0.494 e. The number of anilines is 1. The average Bonchev–Trinajstić information content (AvgIpc) is 2.89. The summed E-state index contributed by atoms with van der Waals surface area (Å²) in [5, 5.41) is 14.0. The van der Waals surface area contributed by atoms with Crippen LogP contribution in [0.1, 0.15) is 0 Å². The summed E-state index contributed by atoms with van der Waals surface area (Å²) in [5.74, 6) is -2.14. The SMILES string of the molecule is COc1cc(F)ccc1NC(=O)NC1COCC1C(=O)O. The summed E-state index contributed by atoms with van der Waals surface area (Å²) in [6.45, 7) is 0.186. The highest BCUT2D eigenvalue weighted by atomic mass is 19.1. The first-order valence-corrected chi connectivity index (χ1v) is 6.23. The molecule has 0 aromatic heterocycles. The van der Waals surface area contributed by atoms with Crippen molar-refractivity contribution in [3.8, 4) is 5.75 Å². The number of amides is 2. The second-order valence-electron chi connectivity index (χ2n) is 4.53. The van der Waals surface area contributed by atoms with Crippen molar-refractivity contribution in [3.63, 3.8) is 0 Å². The second kappa shape index (κ2) is 6.40. The van der Waals surface area contributed by atoms with Crippen molar-refractivity contribution < 1.29 is 28.6 Å². The minimum Gasteiger partial charge on any atom is -0.494 e. The van der Waals surface area contributed by atoms with Crippen LogP contribution in [0, 0.1) is 11.7 Å². The van der Waals surface area contributed by atoms with Gasteiger partial charge in [-0.15, -0.1) is 0 Å². The van der Waals surface area contributed by atoms with E-state index in [1.165, 1.54) is 19.2 Å². The van der Waals surface area contributed by atoms with Gasteiger partial charge in [0, 0.05) is 6.07 Å². The Kier molecular flexibility index (Phi) is 4.59. The van der Waals surface area contributed by atoms with E-state index in [1.807, 2.05) is 0 Å². The predicted octanol–water partition coefficient (Wildman–Crippen LogP) is 1.06. The van der Waals surface area contributed by atoms with Gasteiger partial charge in [-0.1, -0.05) is 0 Å². The number of carbonyl (C=O) groups is 2. The van der Waals surface area contributed by atoms with Crippen LogP contribution in [0.3, 0.4) is 0 Å². The van der Waals surface area contributed by atoms with Crippen LogP contribution in [0.2, 0.25) is 0 Å². The summed E-state index contributed by atoms with van der Waals surface area (Å²) in [7, 11) is 1.35. The van der Waals surface area contributed by atoms with E-state index < -0.39 is 29.8 Å². The lowest BCUT2D eigenvalue weighted by Crippen LogP contribution is -2.44. The molecule has 2 unspecified atom stereocenters. The van der Waals surface area contributed by atoms with Crippen LogP contribution in [0.5, 0.6) is 5.75 Å². The predicted molar refractivity (Wildman–Crippen MR) is 70.8 cm³/mol. The molecule has 0 bridgehead atoms. The Morgan fingerprint density at radius 2 is 2.19 bits per heavy atom. The maximum absolute atomic E-state index is 13.0. The first-order chi connectivity index (χ1) is 10.0. The normalized spacial score (nSPS) is 20.9. The monoisotopic (exact) mass is 298 g/mol. The molecule has 0 saturated carbocycles. The topological polar surface area (TPSA) is 96.9 Å². The molecule has 21 heavy (non-hydrogen) atoms. The minimum atomic E-state index is -1.03. The first kappa shape index (κ1) is 15.0. The molecule has 0 spiro atoms. The molecular formula is C13H15FN2O5. The van der Waals surface area contributed by atoms with E-state index in [0.29, 0.717) is 0 Å². The molecule has 1 aliphatic heterocycles. The van der Waals surface area contributed by atoms with Crippen LogP contribution in [-0.2, 0) is 9.53 Å². The molecule has 1 aromatic rings. The molecule has 8 heteroatoms. The van der Waals surface area contributed by atoms with Crippen LogP contribution in [-0.4, -0.2) is 43.5 Å². The Morgan fingerprint density at radius 1 is 1.43 bits per heavy atom. The van der Waals surface area contributed by atoms with E-state index in [9.17, 15) is 14.0 Å². The highest BCUT2D eigenvalue weighted by Crippen LogP contribution is 2.25. The third-order valence-corrected chi connectivity index (χ3v) is 3.13. The van der Waals surface area contributed by atoms with E-state index in [4.69, 9.17) is 14.6 Å². The molecule has 1 fully saturated rings. The molecule has 7 nitrogen and oxygen atoms in total. The van der Waals surface area contributed by atoms with Crippen LogP contribution in [0.4, 0.5) is 14.9 Å². The molecule has 1 aliphatic rings. The molecule has 2 rings (SSSR count). The van der Waals surface area contributed by atoms with Crippen molar-refractivity contribution in [3.05, 3.63) is 24.0 Å². The summed E-state index contributed by atoms with van der Waals surface area (Å²) in [5.41, 5.74) is 0.280. The molecule has 1 aromatic carbocycles. The lowest BCUT2D eigenvalue weighted by atomic mass is 10.0. The molecule has 2 amide bonds. The van der Waals surface area contributed by atoms with Crippen molar-refractivity contribution in [2.75, 3.05) is 25.6 Å². The standard InChI is InChI=1S/C13H15FN2O5/c1-20-11-4-7(14)2-3-9(11)15-13(19)16-10-6-21-5-8(10)12(17)18/h2-4,8,10H,5-6H2,1H3,(H,17,18)(H2,15,16,19). The smallest absolute Gasteiger partial charge is 0.319 e. The number of hydrogen-bond acceptors (Lipinski definition) is 4. The molecule has 0 aliphatic carbocycles. The zero-order chi connectivity index (χ0) is 15.4. The maximum atomic E-state index is 13.0. The van der Waals surface area contributed by atoms with E-state index in [1.54, 1.807) is 0 Å². The first-order valence-electron chi connectivity index (χ1n) is 6.23. The fourth-order valence-electron chi connectivity index (χ4n) is 2.04. The van der Waals surface area contributed by atoms with Gasteiger partial charge in [-0.2, -0.15) is 0 Å². The van der Waals surface area contributed by atoms with Crippen LogP contribution in [0.25, 0.3) is 0 Å². The number of halogens is 1. The van der Waals surface area contributed by atoms with Crippen molar-refractivity contribution >= 4 is 17.7 Å². The van der Waals surface area contributed by atoms with Crippen molar-refractivity contribution in [2.24, 2.45) is 5.92 Å². The van der Waals surface area contributed by atoms with E-state index >= 15 is 0 Å². The average molecular weight is 298 g/mol. The van der Waals surface area contributed by atoms with Crippen LogP contribution >= 0.6 is 0 Å². The lowest BCUT2D eigenvalue weighted by molar-refractivity contribution is -0.142. The van der Waals surface area contributed by atoms with Crippen molar-refractivity contribution in [1.82, 2.24) is 5.32 Å². The van der Waals surface area contributed by atoms with Crippen LogP contribution in [0.15, 0.2) is 18.2 Å². The van der Waals surface area contributed by atoms with Gasteiger partial charge in [0.05, 0.1) is 32.1 Å².